The quantitative estimate of drug-likeness (QED) is 0.288. The van der Waals surface area contributed by atoms with Crippen molar-refractivity contribution in [3.8, 4) is 5.75 Å². The summed E-state index contributed by atoms with van der Waals surface area (Å²) >= 11 is 0. The Morgan fingerprint density at radius 1 is 1.19 bits per heavy atom. The highest BCUT2D eigenvalue weighted by Gasteiger charge is 2.46. The highest BCUT2D eigenvalue weighted by Crippen LogP contribution is 2.50. The molecule has 1 aromatic rings. The number of esters is 1. The molecule has 1 fully saturated rings. The van der Waals surface area contributed by atoms with Gasteiger partial charge in [0.15, 0.2) is 6.23 Å². The number of allylic oxidation sites excluding steroid dienone is 1. The van der Waals surface area contributed by atoms with Gasteiger partial charge in [0.25, 0.3) is 0 Å². The lowest BCUT2D eigenvalue weighted by Crippen LogP contribution is -2.40. The van der Waals surface area contributed by atoms with Crippen LogP contribution in [-0.4, -0.2) is 70.4 Å². The van der Waals surface area contributed by atoms with Gasteiger partial charge < -0.3 is 34.8 Å². The molecule has 2 aliphatic heterocycles. The molecule has 1 aromatic carbocycles. The van der Waals surface area contributed by atoms with E-state index in [-0.39, 0.29) is 18.0 Å². The Morgan fingerprint density at radius 3 is 2.53 bits per heavy atom. The second-order valence-electron chi connectivity index (χ2n) is 8.98. The Balaban J connectivity index is 1.72. The van der Waals surface area contributed by atoms with E-state index in [0.717, 1.165) is 0 Å². The number of nitrogens with two attached hydrogens (primary N) is 1. The van der Waals surface area contributed by atoms with Crippen LogP contribution in [0, 0.1) is 5.92 Å². The zero-order chi connectivity index (χ0) is 26.5. The van der Waals surface area contributed by atoms with Crippen LogP contribution in [0.25, 0.3) is 0 Å². The maximum atomic E-state index is 13.7. The average molecular weight is 525 g/mol. The number of rotatable bonds is 11. The maximum Gasteiger partial charge on any atom is 0.380 e. The lowest BCUT2D eigenvalue weighted by atomic mass is 10.1. The number of amides is 1. The third kappa shape index (κ3) is 7.18. The molecule has 0 spiro atoms. The van der Waals surface area contributed by atoms with Crippen LogP contribution >= 0.6 is 7.60 Å². The van der Waals surface area contributed by atoms with Crippen LogP contribution in [-0.2, 0) is 28.2 Å². The number of aliphatic hydroxyl groups excluding tert-OH is 2. The van der Waals surface area contributed by atoms with Crippen LogP contribution in [0.2, 0.25) is 0 Å². The third-order valence-corrected chi connectivity index (χ3v) is 7.57. The van der Waals surface area contributed by atoms with E-state index in [0.29, 0.717) is 12.0 Å². The molecular formula is C24H33N2O9P. The summed E-state index contributed by atoms with van der Waals surface area (Å²) in [5.41, 5.74) is 5.66. The van der Waals surface area contributed by atoms with Crippen molar-refractivity contribution in [1.82, 2.24) is 4.90 Å². The van der Waals surface area contributed by atoms with Gasteiger partial charge in [-0.15, -0.1) is 0 Å². The van der Waals surface area contributed by atoms with Gasteiger partial charge in [-0.05, 0) is 32.4 Å². The first-order chi connectivity index (χ1) is 17.0. The van der Waals surface area contributed by atoms with E-state index in [1.807, 2.05) is 0 Å². The molecule has 11 nitrogen and oxygen atoms in total. The van der Waals surface area contributed by atoms with Crippen LogP contribution < -0.4 is 10.3 Å². The number of para-hydroxylation sites is 1. The summed E-state index contributed by atoms with van der Waals surface area (Å²) in [6, 6.07) is 8.35. The molecule has 6 atom stereocenters. The van der Waals surface area contributed by atoms with Crippen molar-refractivity contribution in [1.29, 1.82) is 0 Å². The lowest BCUT2D eigenvalue weighted by molar-refractivity contribution is -0.151. The first kappa shape index (κ1) is 27.9. The maximum absolute atomic E-state index is 13.7. The number of aliphatic hydroxyl groups is 2. The topological polar surface area (TPSA) is 158 Å². The number of carbonyl (C=O) groups excluding carboxylic acids is 2. The van der Waals surface area contributed by atoms with Gasteiger partial charge in [-0.1, -0.05) is 31.2 Å². The molecule has 12 heteroatoms. The predicted molar refractivity (Wildman–Crippen MR) is 129 cm³/mol. The van der Waals surface area contributed by atoms with Gasteiger partial charge >= 0.3 is 13.6 Å². The molecule has 198 valence electrons. The van der Waals surface area contributed by atoms with E-state index >= 15 is 0 Å². The number of primary amides is 1. The Bertz CT molecular complexity index is 1030. The van der Waals surface area contributed by atoms with E-state index in [9.17, 15) is 24.4 Å². The largest absolute Gasteiger partial charge is 0.463 e. The van der Waals surface area contributed by atoms with E-state index in [2.05, 4.69) is 0 Å². The van der Waals surface area contributed by atoms with Gasteiger partial charge in [-0.2, -0.15) is 0 Å². The number of hydrogen-bond donors (Lipinski definition) is 3. The lowest BCUT2D eigenvalue weighted by Gasteiger charge is -2.28. The minimum absolute atomic E-state index is 0.276. The average Bonchev–Trinajstić information content (AvgIpc) is 3.11. The van der Waals surface area contributed by atoms with E-state index in [1.54, 1.807) is 63.4 Å². The molecule has 0 radical (unpaired) electrons. The fraction of sp³-hybridized carbons (Fsp3) is 0.500. The molecule has 0 bridgehead atoms. The Hall–Kier alpha value is -2.69. The molecule has 0 aromatic heterocycles. The van der Waals surface area contributed by atoms with Crippen LogP contribution in [0.15, 0.2) is 54.4 Å². The number of benzene rings is 1. The van der Waals surface area contributed by atoms with Crippen LogP contribution in [0.1, 0.15) is 27.2 Å². The van der Waals surface area contributed by atoms with Gasteiger partial charge in [0.1, 0.15) is 24.1 Å². The van der Waals surface area contributed by atoms with E-state index < -0.39 is 56.5 Å². The highest BCUT2D eigenvalue weighted by atomic mass is 31.2. The second-order valence-corrected chi connectivity index (χ2v) is 11.0. The standard InChI is InChI=1S/C24H33N2O9P/c1-15(2)33-24(30)16(3)14-36(31,35-18-9-5-4-6-10-18)32-13-19-20(27)21(28)23(34-19)26-11-7-8-17(12-26)22(25)29/h4-7,9-12,15-16,19-21,23,27-28H,8,13-14H2,1-3H3,(H2,25,29)/t16-,19-,20+,21?,23-,36?/m1/s1. The Labute approximate surface area is 210 Å². The summed E-state index contributed by atoms with van der Waals surface area (Å²) in [5.74, 6) is -1.68. The molecule has 2 unspecified atom stereocenters. The Morgan fingerprint density at radius 2 is 1.89 bits per heavy atom. The fourth-order valence-corrected chi connectivity index (χ4v) is 5.59. The van der Waals surface area contributed by atoms with Crippen molar-refractivity contribution >= 4 is 19.5 Å². The normalized spacial score (nSPS) is 26.3. The summed E-state index contributed by atoms with van der Waals surface area (Å²) in [6.07, 6.45) is -0.423. The number of hydrogen-bond acceptors (Lipinski definition) is 10. The summed E-state index contributed by atoms with van der Waals surface area (Å²) < 4.78 is 36.0. The third-order valence-electron chi connectivity index (χ3n) is 5.54. The zero-order valence-corrected chi connectivity index (χ0v) is 21.3. The molecule has 2 aliphatic rings. The fourth-order valence-electron chi connectivity index (χ4n) is 3.72. The van der Waals surface area contributed by atoms with Crippen LogP contribution in [0.3, 0.4) is 0 Å². The molecule has 0 aliphatic carbocycles. The van der Waals surface area contributed by atoms with Crippen molar-refractivity contribution in [2.45, 2.75) is 57.8 Å². The number of nitrogens with zero attached hydrogens (tertiary/aromatic N) is 1. The summed E-state index contributed by atoms with van der Waals surface area (Å²) in [5, 5.41) is 21.1. The molecule has 3 rings (SSSR count). The van der Waals surface area contributed by atoms with Gasteiger partial charge in [-0.3, -0.25) is 14.1 Å². The highest BCUT2D eigenvalue weighted by molar-refractivity contribution is 7.54. The minimum Gasteiger partial charge on any atom is -0.463 e. The van der Waals surface area contributed by atoms with E-state index in [4.69, 9.17) is 24.3 Å². The first-order valence-corrected chi connectivity index (χ1v) is 13.4. The molecule has 0 saturated carbocycles. The molecule has 1 amide bonds. The predicted octanol–water partition coefficient (Wildman–Crippen LogP) is 1.90. The van der Waals surface area contributed by atoms with Crippen molar-refractivity contribution in [3.05, 3.63) is 54.4 Å². The van der Waals surface area contributed by atoms with Crippen LogP contribution in [0.5, 0.6) is 5.75 Å². The summed E-state index contributed by atoms with van der Waals surface area (Å²) in [7, 11) is -3.94. The molecule has 36 heavy (non-hydrogen) atoms. The monoisotopic (exact) mass is 524 g/mol. The Kier molecular flexibility index (Phi) is 9.32. The molecule has 1 saturated heterocycles. The SMILES string of the molecule is CC(C)OC(=O)[C@H](C)CP(=O)(OC[C@H]1O[C@@H](N2C=CCC(C(N)=O)=C2)C(O)[C@H]1O)Oc1ccccc1. The minimum atomic E-state index is -3.94. The van der Waals surface area contributed by atoms with Crippen molar-refractivity contribution in [3.63, 3.8) is 0 Å². The molecule has 4 N–H and O–H groups in total. The van der Waals surface area contributed by atoms with Crippen molar-refractivity contribution < 1.29 is 42.9 Å². The zero-order valence-electron chi connectivity index (χ0n) is 20.4. The number of ether oxygens (including phenoxy) is 2. The van der Waals surface area contributed by atoms with Crippen molar-refractivity contribution in [2.24, 2.45) is 11.7 Å². The van der Waals surface area contributed by atoms with Gasteiger partial charge in [0, 0.05) is 18.0 Å². The van der Waals surface area contributed by atoms with Crippen LogP contribution in [0.4, 0.5) is 0 Å². The second kappa shape index (κ2) is 12.0. The summed E-state index contributed by atoms with van der Waals surface area (Å²) in [6.45, 7) is 4.58. The molecular weight excluding hydrogens is 491 g/mol. The van der Waals surface area contributed by atoms with Crippen molar-refractivity contribution in [2.75, 3.05) is 12.8 Å². The van der Waals surface area contributed by atoms with Gasteiger partial charge in [0.2, 0.25) is 5.91 Å². The van der Waals surface area contributed by atoms with Gasteiger partial charge in [0.05, 0.1) is 24.8 Å². The number of carbonyl (C=O) groups is 2. The smallest absolute Gasteiger partial charge is 0.380 e. The van der Waals surface area contributed by atoms with E-state index in [1.165, 1.54) is 11.1 Å². The molecule has 2 heterocycles. The summed E-state index contributed by atoms with van der Waals surface area (Å²) in [4.78, 5) is 25.3. The van der Waals surface area contributed by atoms with Gasteiger partial charge in [-0.25, -0.2) is 4.57 Å². The first-order valence-electron chi connectivity index (χ1n) is 11.6.